The van der Waals surface area contributed by atoms with Gasteiger partial charge in [-0.15, -0.1) is 0 Å². The van der Waals surface area contributed by atoms with Gasteiger partial charge in [0.05, 0.1) is 5.69 Å². The van der Waals surface area contributed by atoms with Gasteiger partial charge in [-0.1, -0.05) is 15.9 Å². The highest BCUT2D eigenvalue weighted by atomic mass is 79.9. The number of aliphatic carboxylic acids is 1. The van der Waals surface area contributed by atoms with Gasteiger partial charge in [0.2, 0.25) is 0 Å². The zero-order valence-electron chi connectivity index (χ0n) is 10.7. The molecule has 0 aromatic heterocycles. The molecule has 5 nitrogen and oxygen atoms in total. The summed E-state index contributed by atoms with van der Waals surface area (Å²) in [5.41, 5.74) is -0.638. The number of halogens is 2. The molecule has 108 valence electrons. The predicted molar refractivity (Wildman–Crippen MR) is 82.8 cm³/mol. The van der Waals surface area contributed by atoms with Crippen LogP contribution in [0.4, 0.5) is 10.5 Å². The summed E-state index contributed by atoms with van der Waals surface area (Å²) < 4.78 is 1.59. The van der Waals surface area contributed by atoms with Gasteiger partial charge in [-0.05, 0) is 59.8 Å². The van der Waals surface area contributed by atoms with Gasteiger partial charge in [-0.25, -0.2) is 9.59 Å². The van der Waals surface area contributed by atoms with Crippen LogP contribution in [-0.2, 0) is 4.79 Å². The lowest BCUT2D eigenvalue weighted by Crippen LogP contribution is -2.55. The minimum atomic E-state index is -1.22. The first-order valence-corrected chi connectivity index (χ1v) is 7.69. The van der Waals surface area contributed by atoms with Gasteiger partial charge >= 0.3 is 12.0 Å². The van der Waals surface area contributed by atoms with Gasteiger partial charge in [0.1, 0.15) is 5.54 Å². The van der Waals surface area contributed by atoms with E-state index in [0.717, 1.165) is 17.3 Å². The Bertz CT molecular complexity index is 561. The van der Waals surface area contributed by atoms with E-state index in [1.54, 1.807) is 25.1 Å². The Labute approximate surface area is 133 Å². The Balaban J connectivity index is 2.06. The summed E-state index contributed by atoms with van der Waals surface area (Å²) in [5, 5.41) is 14.5. The molecule has 2 amide bonds. The third-order valence-corrected chi connectivity index (χ3v) is 4.54. The maximum absolute atomic E-state index is 12.0. The average molecular weight is 406 g/mol. The van der Waals surface area contributed by atoms with Gasteiger partial charge in [0, 0.05) is 8.95 Å². The van der Waals surface area contributed by atoms with Crippen molar-refractivity contribution in [1.29, 1.82) is 0 Å². The Morgan fingerprint density at radius 2 is 2.00 bits per heavy atom. The third-order valence-electron chi connectivity index (χ3n) is 3.39. The fraction of sp³-hybridized carbons (Fsp3) is 0.385. The Morgan fingerprint density at radius 1 is 1.35 bits per heavy atom. The van der Waals surface area contributed by atoms with E-state index in [0.29, 0.717) is 10.2 Å². The molecule has 1 saturated carbocycles. The molecule has 1 aliphatic rings. The second kappa shape index (κ2) is 5.73. The zero-order valence-corrected chi connectivity index (χ0v) is 13.9. The van der Waals surface area contributed by atoms with Crippen LogP contribution in [0.3, 0.4) is 0 Å². The van der Waals surface area contributed by atoms with Crippen LogP contribution in [0.1, 0.15) is 19.8 Å². The number of carbonyl (C=O) groups is 2. The average Bonchev–Trinajstić information content (AvgIpc) is 3.16. The summed E-state index contributed by atoms with van der Waals surface area (Å²) in [6, 6.07) is 4.79. The minimum Gasteiger partial charge on any atom is -0.480 e. The molecular weight excluding hydrogens is 392 g/mol. The molecule has 0 spiro atoms. The van der Waals surface area contributed by atoms with Crippen LogP contribution in [0.5, 0.6) is 0 Å². The molecule has 20 heavy (non-hydrogen) atoms. The normalized spacial score (nSPS) is 17.1. The quantitative estimate of drug-likeness (QED) is 0.716. The lowest BCUT2D eigenvalue weighted by Gasteiger charge is -2.26. The van der Waals surface area contributed by atoms with Crippen LogP contribution in [0, 0.1) is 5.92 Å². The summed E-state index contributed by atoms with van der Waals surface area (Å²) in [4.78, 5) is 23.3. The number of urea groups is 1. The highest BCUT2D eigenvalue weighted by Crippen LogP contribution is 2.39. The highest BCUT2D eigenvalue weighted by molar-refractivity contribution is 9.11. The molecule has 3 N–H and O–H groups in total. The molecule has 1 aromatic carbocycles. The number of amides is 2. The Kier molecular flexibility index (Phi) is 4.39. The number of carboxylic acids is 1. The van der Waals surface area contributed by atoms with E-state index in [2.05, 4.69) is 42.5 Å². The van der Waals surface area contributed by atoms with Gasteiger partial charge in [-0.2, -0.15) is 0 Å². The number of rotatable bonds is 4. The van der Waals surface area contributed by atoms with Crippen molar-refractivity contribution in [3.8, 4) is 0 Å². The van der Waals surface area contributed by atoms with Crippen molar-refractivity contribution in [2.45, 2.75) is 25.3 Å². The largest absolute Gasteiger partial charge is 0.480 e. The van der Waals surface area contributed by atoms with Gasteiger partial charge < -0.3 is 15.7 Å². The summed E-state index contributed by atoms with van der Waals surface area (Å²) in [6.45, 7) is 1.54. The SMILES string of the molecule is CC(NC(=O)Nc1ccc(Br)cc1Br)(C(=O)O)C1CC1. The molecule has 1 unspecified atom stereocenters. The van der Waals surface area contributed by atoms with Crippen LogP contribution in [0.2, 0.25) is 0 Å². The third kappa shape index (κ3) is 3.32. The molecule has 1 atom stereocenters. The maximum atomic E-state index is 12.0. The van der Waals surface area contributed by atoms with E-state index in [-0.39, 0.29) is 5.92 Å². The first-order valence-electron chi connectivity index (χ1n) is 6.10. The first-order chi connectivity index (χ1) is 9.33. The highest BCUT2D eigenvalue weighted by Gasteiger charge is 2.48. The second-order valence-electron chi connectivity index (χ2n) is 4.99. The van der Waals surface area contributed by atoms with Gasteiger partial charge in [0.15, 0.2) is 0 Å². The van der Waals surface area contributed by atoms with Crippen LogP contribution in [0.25, 0.3) is 0 Å². The lowest BCUT2D eigenvalue weighted by atomic mass is 9.96. The first kappa shape index (κ1) is 15.3. The Hall–Kier alpha value is -1.08. The second-order valence-corrected chi connectivity index (χ2v) is 6.76. The number of hydrogen-bond donors (Lipinski definition) is 3. The van der Waals surface area contributed by atoms with E-state index in [1.807, 2.05) is 0 Å². The van der Waals surface area contributed by atoms with Crippen molar-refractivity contribution in [2.24, 2.45) is 5.92 Å². The molecule has 0 saturated heterocycles. The summed E-state index contributed by atoms with van der Waals surface area (Å²) in [5.74, 6) is -1.01. The van der Waals surface area contributed by atoms with Crippen LogP contribution in [-0.4, -0.2) is 22.6 Å². The van der Waals surface area contributed by atoms with E-state index in [4.69, 9.17) is 0 Å². The van der Waals surface area contributed by atoms with Crippen LogP contribution in [0.15, 0.2) is 27.1 Å². The predicted octanol–water partition coefficient (Wildman–Crippen LogP) is 3.59. The van der Waals surface area contributed by atoms with E-state index >= 15 is 0 Å². The van der Waals surface area contributed by atoms with E-state index in [1.165, 1.54) is 0 Å². The molecule has 1 aromatic rings. The maximum Gasteiger partial charge on any atom is 0.329 e. The zero-order chi connectivity index (χ0) is 14.9. The number of carbonyl (C=O) groups excluding carboxylic acids is 1. The smallest absolute Gasteiger partial charge is 0.329 e. The van der Waals surface area contributed by atoms with Crippen molar-refractivity contribution < 1.29 is 14.7 Å². The van der Waals surface area contributed by atoms with E-state index in [9.17, 15) is 14.7 Å². The lowest BCUT2D eigenvalue weighted by molar-refractivity contribution is -0.144. The van der Waals surface area contributed by atoms with Crippen molar-refractivity contribution in [3.63, 3.8) is 0 Å². The number of hydrogen-bond acceptors (Lipinski definition) is 2. The summed E-state index contributed by atoms with van der Waals surface area (Å²) in [6.07, 6.45) is 1.65. The van der Waals surface area contributed by atoms with Crippen LogP contribution < -0.4 is 10.6 Å². The Morgan fingerprint density at radius 3 is 2.50 bits per heavy atom. The van der Waals surface area contributed by atoms with Crippen molar-refractivity contribution in [2.75, 3.05) is 5.32 Å². The molecule has 0 radical (unpaired) electrons. The van der Waals surface area contributed by atoms with Gasteiger partial charge in [-0.3, -0.25) is 0 Å². The fourth-order valence-corrected chi connectivity index (χ4v) is 3.12. The molecule has 7 heteroatoms. The van der Waals surface area contributed by atoms with Crippen molar-refractivity contribution in [1.82, 2.24) is 5.32 Å². The molecule has 2 rings (SSSR count). The number of anilines is 1. The molecule has 0 heterocycles. The topological polar surface area (TPSA) is 78.4 Å². The fourth-order valence-electron chi connectivity index (χ4n) is 1.97. The summed E-state index contributed by atoms with van der Waals surface area (Å²) in [7, 11) is 0. The monoisotopic (exact) mass is 404 g/mol. The standard InChI is InChI=1S/C13H14Br2N2O3/c1-13(11(18)19,7-2-3-7)17-12(20)16-10-5-4-8(14)6-9(10)15/h4-7H,2-3H2,1H3,(H,18,19)(H2,16,17,20). The molecule has 1 aliphatic carbocycles. The minimum absolute atomic E-state index is 0.000825. The number of carboxylic acid groups (broad SMARTS) is 1. The number of benzene rings is 1. The molecule has 0 bridgehead atoms. The van der Waals surface area contributed by atoms with Crippen molar-refractivity contribution >= 4 is 49.5 Å². The van der Waals surface area contributed by atoms with Crippen molar-refractivity contribution in [3.05, 3.63) is 27.1 Å². The number of nitrogens with one attached hydrogen (secondary N) is 2. The van der Waals surface area contributed by atoms with Gasteiger partial charge in [0.25, 0.3) is 0 Å². The van der Waals surface area contributed by atoms with Crippen LogP contribution >= 0.6 is 31.9 Å². The molecule has 1 fully saturated rings. The molecule has 0 aliphatic heterocycles. The molecular formula is C13H14Br2N2O3. The summed E-state index contributed by atoms with van der Waals surface area (Å²) >= 11 is 6.66. The van der Waals surface area contributed by atoms with E-state index < -0.39 is 17.5 Å².